The van der Waals surface area contributed by atoms with Crippen LogP contribution in [0.25, 0.3) is 0 Å². The van der Waals surface area contributed by atoms with Crippen LogP contribution in [0, 0.1) is 6.92 Å². The second-order valence-corrected chi connectivity index (χ2v) is 3.61. The van der Waals surface area contributed by atoms with Gasteiger partial charge in [-0.1, -0.05) is 6.07 Å². The molecule has 0 aliphatic rings. The molecule has 0 saturated heterocycles. The van der Waals surface area contributed by atoms with E-state index in [9.17, 15) is 0 Å². The summed E-state index contributed by atoms with van der Waals surface area (Å²) in [5, 5.41) is 0. The monoisotopic (exact) mass is 218 g/mol. The Bertz CT molecular complexity index is 430. The molecule has 76 valence electrons. The van der Waals surface area contributed by atoms with Crippen molar-refractivity contribution in [2.75, 3.05) is 0 Å². The minimum atomic E-state index is 0.494. The predicted octanol–water partition coefficient (Wildman–Crippen LogP) is 2.87. The maximum atomic E-state index is 5.52. The van der Waals surface area contributed by atoms with Crippen LogP contribution >= 0.6 is 12.6 Å². The molecule has 0 atom stereocenters. The highest BCUT2D eigenvalue weighted by molar-refractivity contribution is 7.80. The molecular formula is C11H10N2OS. The average Bonchev–Trinajstić information content (AvgIpc) is 2.17. The van der Waals surface area contributed by atoms with Crippen LogP contribution in [0.2, 0.25) is 0 Å². The zero-order valence-electron chi connectivity index (χ0n) is 8.21. The van der Waals surface area contributed by atoms with Gasteiger partial charge in [-0.2, -0.15) is 0 Å². The lowest BCUT2D eigenvalue weighted by Crippen LogP contribution is -1.90. The Morgan fingerprint density at radius 1 is 1.27 bits per heavy atom. The Morgan fingerprint density at radius 3 is 2.87 bits per heavy atom. The number of hydrogen-bond acceptors (Lipinski definition) is 4. The van der Waals surface area contributed by atoms with E-state index in [0.717, 1.165) is 10.6 Å². The summed E-state index contributed by atoms with van der Waals surface area (Å²) >= 11 is 4.22. The number of benzene rings is 1. The molecule has 2 aromatic rings. The maximum absolute atomic E-state index is 5.52. The Kier molecular flexibility index (Phi) is 2.87. The predicted molar refractivity (Wildman–Crippen MR) is 60.5 cm³/mol. The van der Waals surface area contributed by atoms with Crippen LogP contribution in [-0.2, 0) is 0 Å². The third kappa shape index (κ3) is 2.70. The largest absolute Gasteiger partial charge is 0.437 e. The van der Waals surface area contributed by atoms with E-state index in [2.05, 4.69) is 22.6 Å². The van der Waals surface area contributed by atoms with E-state index in [-0.39, 0.29) is 0 Å². The molecule has 2 rings (SSSR count). The molecule has 1 aromatic heterocycles. The van der Waals surface area contributed by atoms with Gasteiger partial charge in [-0.25, -0.2) is 4.98 Å². The molecule has 1 aromatic carbocycles. The Balaban J connectivity index is 2.22. The van der Waals surface area contributed by atoms with Crippen molar-refractivity contribution >= 4 is 12.6 Å². The average molecular weight is 218 g/mol. The summed E-state index contributed by atoms with van der Waals surface area (Å²) in [6.07, 6.45) is 3.26. The number of hydrogen-bond donors (Lipinski definition) is 1. The first kappa shape index (κ1) is 9.98. The second kappa shape index (κ2) is 4.31. The van der Waals surface area contributed by atoms with Gasteiger partial charge in [0.2, 0.25) is 5.88 Å². The van der Waals surface area contributed by atoms with Crippen LogP contribution in [0.4, 0.5) is 0 Å². The van der Waals surface area contributed by atoms with E-state index in [4.69, 9.17) is 4.74 Å². The molecule has 0 radical (unpaired) electrons. The fourth-order valence-corrected chi connectivity index (χ4v) is 1.37. The van der Waals surface area contributed by atoms with Crippen molar-refractivity contribution in [2.24, 2.45) is 0 Å². The summed E-state index contributed by atoms with van der Waals surface area (Å²) < 4.78 is 5.52. The van der Waals surface area contributed by atoms with Crippen molar-refractivity contribution in [1.29, 1.82) is 0 Å². The van der Waals surface area contributed by atoms with E-state index in [1.807, 2.05) is 31.2 Å². The Morgan fingerprint density at radius 2 is 2.13 bits per heavy atom. The van der Waals surface area contributed by atoms with Gasteiger partial charge in [-0.15, -0.1) is 12.6 Å². The molecule has 0 spiro atoms. The van der Waals surface area contributed by atoms with Crippen LogP contribution in [-0.4, -0.2) is 9.97 Å². The first-order valence-electron chi connectivity index (χ1n) is 4.49. The molecular weight excluding hydrogens is 208 g/mol. The zero-order valence-corrected chi connectivity index (χ0v) is 9.11. The fraction of sp³-hybridized carbons (Fsp3) is 0.0909. The number of thiol groups is 1. The summed E-state index contributed by atoms with van der Waals surface area (Å²) in [5.41, 5.74) is 0.828. The standard InChI is InChI=1S/C11H10N2OS/c1-8-6-12-7-11(13-8)14-9-3-2-4-10(15)5-9/h2-7,15H,1H3. The van der Waals surface area contributed by atoms with Gasteiger partial charge >= 0.3 is 0 Å². The molecule has 0 fully saturated rings. The first-order valence-corrected chi connectivity index (χ1v) is 4.94. The molecule has 0 bridgehead atoms. The van der Waals surface area contributed by atoms with Crippen molar-refractivity contribution in [3.63, 3.8) is 0 Å². The van der Waals surface area contributed by atoms with Crippen molar-refractivity contribution in [2.45, 2.75) is 11.8 Å². The van der Waals surface area contributed by atoms with Crippen molar-refractivity contribution in [3.8, 4) is 11.6 Å². The molecule has 1 heterocycles. The molecule has 0 aliphatic heterocycles. The van der Waals surface area contributed by atoms with Crippen LogP contribution in [0.15, 0.2) is 41.6 Å². The zero-order chi connectivity index (χ0) is 10.7. The normalized spacial score (nSPS) is 10.0. The highest BCUT2D eigenvalue weighted by Crippen LogP contribution is 2.21. The van der Waals surface area contributed by atoms with Crippen LogP contribution in [0.3, 0.4) is 0 Å². The van der Waals surface area contributed by atoms with Crippen LogP contribution in [0.1, 0.15) is 5.69 Å². The van der Waals surface area contributed by atoms with E-state index >= 15 is 0 Å². The van der Waals surface area contributed by atoms with Gasteiger partial charge in [-0.3, -0.25) is 4.98 Å². The van der Waals surface area contributed by atoms with Crippen molar-refractivity contribution < 1.29 is 4.74 Å². The summed E-state index contributed by atoms with van der Waals surface area (Å²) in [4.78, 5) is 9.04. The summed E-state index contributed by atoms with van der Waals surface area (Å²) in [5.74, 6) is 1.20. The van der Waals surface area contributed by atoms with Gasteiger partial charge in [0, 0.05) is 11.1 Å². The molecule has 15 heavy (non-hydrogen) atoms. The first-order chi connectivity index (χ1) is 7.24. The number of aromatic nitrogens is 2. The van der Waals surface area contributed by atoms with Crippen molar-refractivity contribution in [1.82, 2.24) is 9.97 Å². The SMILES string of the molecule is Cc1cncc(Oc2cccc(S)c2)n1. The minimum Gasteiger partial charge on any atom is -0.437 e. The fourth-order valence-electron chi connectivity index (χ4n) is 1.16. The number of rotatable bonds is 2. The van der Waals surface area contributed by atoms with E-state index < -0.39 is 0 Å². The van der Waals surface area contributed by atoms with E-state index in [1.54, 1.807) is 12.4 Å². The third-order valence-corrected chi connectivity index (χ3v) is 2.05. The molecule has 0 unspecified atom stereocenters. The van der Waals surface area contributed by atoms with Gasteiger partial charge in [0.15, 0.2) is 0 Å². The number of nitrogens with zero attached hydrogens (tertiary/aromatic N) is 2. The van der Waals surface area contributed by atoms with Gasteiger partial charge in [0.05, 0.1) is 11.9 Å². The molecule has 0 amide bonds. The summed E-state index contributed by atoms with van der Waals surface area (Å²) in [6, 6.07) is 7.44. The highest BCUT2D eigenvalue weighted by atomic mass is 32.1. The molecule has 0 N–H and O–H groups in total. The topological polar surface area (TPSA) is 35.0 Å². The molecule has 4 heteroatoms. The maximum Gasteiger partial charge on any atom is 0.238 e. The summed E-state index contributed by atoms with van der Waals surface area (Å²) in [7, 11) is 0. The molecule has 0 aliphatic carbocycles. The summed E-state index contributed by atoms with van der Waals surface area (Å²) in [6.45, 7) is 1.87. The lowest BCUT2D eigenvalue weighted by atomic mass is 10.3. The second-order valence-electron chi connectivity index (χ2n) is 3.10. The Labute approximate surface area is 93.6 Å². The van der Waals surface area contributed by atoms with Crippen LogP contribution < -0.4 is 4.74 Å². The van der Waals surface area contributed by atoms with Gasteiger partial charge in [0.25, 0.3) is 0 Å². The molecule has 3 nitrogen and oxygen atoms in total. The van der Waals surface area contributed by atoms with E-state index in [1.165, 1.54) is 0 Å². The van der Waals surface area contributed by atoms with Crippen LogP contribution in [0.5, 0.6) is 11.6 Å². The van der Waals surface area contributed by atoms with E-state index in [0.29, 0.717) is 11.6 Å². The van der Waals surface area contributed by atoms with Crippen molar-refractivity contribution in [3.05, 3.63) is 42.4 Å². The Hall–Kier alpha value is -1.55. The van der Waals surface area contributed by atoms with Gasteiger partial charge < -0.3 is 4.74 Å². The molecule has 0 saturated carbocycles. The van der Waals surface area contributed by atoms with Gasteiger partial charge in [-0.05, 0) is 25.1 Å². The minimum absolute atomic E-state index is 0.494. The highest BCUT2D eigenvalue weighted by Gasteiger charge is 1.99. The quantitative estimate of drug-likeness (QED) is 0.787. The number of aryl methyl sites for hydroxylation is 1. The lowest BCUT2D eigenvalue weighted by Gasteiger charge is -2.04. The third-order valence-electron chi connectivity index (χ3n) is 1.77. The van der Waals surface area contributed by atoms with Gasteiger partial charge in [0.1, 0.15) is 5.75 Å². The lowest BCUT2D eigenvalue weighted by molar-refractivity contribution is 0.457. The smallest absolute Gasteiger partial charge is 0.238 e. The number of ether oxygens (including phenoxy) is 1.